The van der Waals surface area contributed by atoms with Crippen molar-refractivity contribution in [2.75, 3.05) is 32.7 Å². The van der Waals surface area contributed by atoms with Crippen LogP contribution in [0.3, 0.4) is 0 Å². The summed E-state index contributed by atoms with van der Waals surface area (Å²) in [5, 5.41) is 0. The number of carbonyl (C=O) groups is 1. The maximum atomic E-state index is 13.2. The lowest BCUT2D eigenvalue weighted by molar-refractivity contribution is 0.0649. The normalized spacial score (nSPS) is 14.8. The Hall–Kier alpha value is -3.17. The first-order valence-corrected chi connectivity index (χ1v) is 11.1. The Kier molecular flexibility index (Phi) is 7.30. The van der Waals surface area contributed by atoms with Gasteiger partial charge in [0.1, 0.15) is 0 Å². The van der Waals surface area contributed by atoms with Crippen LogP contribution in [0.1, 0.15) is 27.0 Å². The van der Waals surface area contributed by atoms with E-state index in [-0.39, 0.29) is 5.91 Å². The Labute approximate surface area is 185 Å². The van der Waals surface area contributed by atoms with Crippen LogP contribution in [0.2, 0.25) is 0 Å². The Balaban J connectivity index is 1.31. The van der Waals surface area contributed by atoms with Crippen LogP contribution in [0.5, 0.6) is 0 Å². The lowest BCUT2D eigenvalue weighted by Crippen LogP contribution is -2.48. The number of amides is 1. The molecule has 3 nitrogen and oxygen atoms in total. The van der Waals surface area contributed by atoms with Crippen LogP contribution in [-0.4, -0.2) is 48.4 Å². The molecule has 0 aliphatic carbocycles. The van der Waals surface area contributed by atoms with Crippen molar-refractivity contribution in [1.29, 1.82) is 0 Å². The SMILES string of the molecule is O=C(c1ccccc1CCc1ccccc1)N1CCN(C/C=C/c2ccccc2)CC1. The lowest BCUT2D eigenvalue weighted by atomic mass is 9.99. The summed E-state index contributed by atoms with van der Waals surface area (Å²) in [5.74, 6) is 0.170. The van der Waals surface area contributed by atoms with Gasteiger partial charge in [-0.3, -0.25) is 9.69 Å². The Morgan fingerprint density at radius 2 is 1.39 bits per heavy atom. The Morgan fingerprint density at radius 3 is 2.13 bits per heavy atom. The summed E-state index contributed by atoms with van der Waals surface area (Å²) in [6.07, 6.45) is 6.22. The van der Waals surface area contributed by atoms with Gasteiger partial charge in [-0.25, -0.2) is 0 Å². The first kappa shape index (κ1) is 21.1. The molecule has 0 radical (unpaired) electrons. The maximum Gasteiger partial charge on any atom is 0.254 e. The minimum atomic E-state index is 0.170. The van der Waals surface area contributed by atoms with Gasteiger partial charge in [-0.05, 0) is 35.6 Å². The van der Waals surface area contributed by atoms with Crippen LogP contribution in [0, 0.1) is 0 Å². The maximum absolute atomic E-state index is 13.2. The number of piperazine rings is 1. The summed E-state index contributed by atoms with van der Waals surface area (Å²) < 4.78 is 0. The molecule has 158 valence electrons. The van der Waals surface area contributed by atoms with Gasteiger partial charge in [0.05, 0.1) is 0 Å². The summed E-state index contributed by atoms with van der Waals surface area (Å²) in [6.45, 7) is 4.31. The Bertz CT molecular complexity index is 990. The summed E-state index contributed by atoms with van der Waals surface area (Å²) in [5.41, 5.74) is 4.53. The van der Waals surface area contributed by atoms with Gasteiger partial charge in [0.15, 0.2) is 0 Å². The van der Waals surface area contributed by atoms with Gasteiger partial charge in [0.2, 0.25) is 0 Å². The fraction of sp³-hybridized carbons (Fsp3) is 0.250. The van der Waals surface area contributed by atoms with Crippen LogP contribution in [0.15, 0.2) is 91.0 Å². The van der Waals surface area contributed by atoms with Crippen molar-refractivity contribution >= 4 is 12.0 Å². The van der Waals surface area contributed by atoms with Crippen molar-refractivity contribution in [3.8, 4) is 0 Å². The molecule has 0 unspecified atom stereocenters. The molecule has 0 N–H and O–H groups in total. The van der Waals surface area contributed by atoms with Gasteiger partial charge in [-0.1, -0.05) is 91.0 Å². The topological polar surface area (TPSA) is 23.6 Å². The molecule has 1 heterocycles. The van der Waals surface area contributed by atoms with Gasteiger partial charge in [0.25, 0.3) is 5.91 Å². The zero-order valence-corrected chi connectivity index (χ0v) is 18.0. The molecule has 1 aliphatic heterocycles. The zero-order valence-electron chi connectivity index (χ0n) is 18.0. The van der Waals surface area contributed by atoms with Crippen molar-refractivity contribution in [2.45, 2.75) is 12.8 Å². The quantitative estimate of drug-likeness (QED) is 0.551. The van der Waals surface area contributed by atoms with Gasteiger partial charge in [0, 0.05) is 38.3 Å². The standard InChI is InChI=1S/C28H30N2O/c31-28(27-16-8-7-15-26(27)18-17-25-12-5-2-6-13-25)30-22-20-29(21-23-30)19-9-14-24-10-3-1-4-11-24/h1-16H,17-23H2/b14-9+. The highest BCUT2D eigenvalue weighted by Gasteiger charge is 2.23. The fourth-order valence-corrected chi connectivity index (χ4v) is 4.08. The number of benzene rings is 3. The number of nitrogens with zero attached hydrogens (tertiary/aromatic N) is 2. The summed E-state index contributed by atoms with van der Waals surface area (Å²) in [7, 11) is 0. The molecular weight excluding hydrogens is 380 g/mol. The zero-order chi connectivity index (χ0) is 21.3. The predicted octanol–water partition coefficient (Wildman–Crippen LogP) is 4.94. The van der Waals surface area contributed by atoms with Crippen molar-refractivity contribution < 1.29 is 4.79 Å². The van der Waals surface area contributed by atoms with E-state index in [0.29, 0.717) is 0 Å². The van der Waals surface area contributed by atoms with Crippen molar-refractivity contribution in [3.63, 3.8) is 0 Å². The number of aryl methyl sites for hydroxylation is 2. The lowest BCUT2D eigenvalue weighted by Gasteiger charge is -2.34. The van der Waals surface area contributed by atoms with Crippen LogP contribution in [-0.2, 0) is 12.8 Å². The molecule has 1 fully saturated rings. The monoisotopic (exact) mass is 410 g/mol. The molecule has 0 bridgehead atoms. The predicted molar refractivity (Wildman–Crippen MR) is 128 cm³/mol. The number of hydrogen-bond acceptors (Lipinski definition) is 2. The van der Waals surface area contributed by atoms with Crippen LogP contribution < -0.4 is 0 Å². The minimum absolute atomic E-state index is 0.170. The van der Waals surface area contributed by atoms with E-state index in [1.54, 1.807) is 0 Å². The average Bonchev–Trinajstić information content (AvgIpc) is 2.84. The van der Waals surface area contributed by atoms with Crippen LogP contribution >= 0.6 is 0 Å². The molecule has 31 heavy (non-hydrogen) atoms. The molecule has 0 atom stereocenters. The largest absolute Gasteiger partial charge is 0.336 e. The third-order valence-corrected chi connectivity index (χ3v) is 5.91. The third-order valence-electron chi connectivity index (χ3n) is 5.91. The minimum Gasteiger partial charge on any atom is -0.336 e. The number of rotatable bonds is 7. The van der Waals surface area contributed by atoms with Gasteiger partial charge in [-0.15, -0.1) is 0 Å². The summed E-state index contributed by atoms with van der Waals surface area (Å²) >= 11 is 0. The molecule has 3 aromatic carbocycles. The molecule has 4 rings (SSSR count). The highest BCUT2D eigenvalue weighted by atomic mass is 16.2. The van der Waals surface area contributed by atoms with E-state index in [1.807, 2.05) is 35.2 Å². The van der Waals surface area contributed by atoms with Gasteiger partial charge < -0.3 is 4.90 Å². The molecule has 0 spiro atoms. The number of carbonyl (C=O) groups excluding carboxylic acids is 1. The smallest absolute Gasteiger partial charge is 0.254 e. The highest BCUT2D eigenvalue weighted by Crippen LogP contribution is 2.16. The van der Waals surface area contributed by atoms with E-state index in [4.69, 9.17) is 0 Å². The summed E-state index contributed by atoms with van der Waals surface area (Å²) in [6, 6.07) is 28.9. The van der Waals surface area contributed by atoms with Crippen LogP contribution in [0.4, 0.5) is 0 Å². The molecule has 0 aromatic heterocycles. The van der Waals surface area contributed by atoms with Crippen LogP contribution in [0.25, 0.3) is 6.08 Å². The van der Waals surface area contributed by atoms with E-state index >= 15 is 0 Å². The van der Waals surface area contributed by atoms with E-state index in [2.05, 4.69) is 71.6 Å². The fourth-order valence-electron chi connectivity index (χ4n) is 4.08. The molecule has 0 saturated carbocycles. The molecule has 1 aliphatic rings. The van der Waals surface area contributed by atoms with Crippen molar-refractivity contribution in [3.05, 3.63) is 113 Å². The second-order valence-corrected chi connectivity index (χ2v) is 8.05. The van der Waals surface area contributed by atoms with E-state index < -0.39 is 0 Å². The van der Waals surface area contributed by atoms with E-state index in [1.165, 1.54) is 11.1 Å². The first-order valence-electron chi connectivity index (χ1n) is 11.1. The van der Waals surface area contributed by atoms with Crippen molar-refractivity contribution in [1.82, 2.24) is 9.80 Å². The molecular formula is C28H30N2O. The molecule has 3 heteroatoms. The average molecular weight is 411 g/mol. The van der Waals surface area contributed by atoms with E-state index in [0.717, 1.165) is 56.7 Å². The van der Waals surface area contributed by atoms with Crippen molar-refractivity contribution in [2.24, 2.45) is 0 Å². The first-order chi connectivity index (χ1) is 15.3. The van der Waals surface area contributed by atoms with Gasteiger partial charge in [-0.2, -0.15) is 0 Å². The molecule has 3 aromatic rings. The molecule has 1 saturated heterocycles. The highest BCUT2D eigenvalue weighted by molar-refractivity contribution is 5.95. The van der Waals surface area contributed by atoms with E-state index in [9.17, 15) is 4.79 Å². The third kappa shape index (κ3) is 5.93. The second kappa shape index (κ2) is 10.7. The molecule has 1 amide bonds. The summed E-state index contributed by atoms with van der Waals surface area (Å²) in [4.78, 5) is 17.7. The number of hydrogen-bond donors (Lipinski definition) is 0. The van der Waals surface area contributed by atoms with Gasteiger partial charge >= 0.3 is 0 Å². The second-order valence-electron chi connectivity index (χ2n) is 8.05. The Morgan fingerprint density at radius 1 is 0.742 bits per heavy atom.